The molecule has 0 aromatic heterocycles. The molecule has 3 atom stereocenters. The Labute approximate surface area is 73.5 Å². The standard InChI is InChI=1S/C10H17NO/c1-7(2)8-3-4-10(12)6-9(10,11)5-8/h8,12H,1,3-6,11H2,2H3/t8-,9-,10-/m1/s1. The van der Waals surface area contributed by atoms with E-state index in [1.54, 1.807) is 0 Å². The predicted molar refractivity (Wildman–Crippen MR) is 48.6 cm³/mol. The van der Waals surface area contributed by atoms with Gasteiger partial charge in [0.2, 0.25) is 0 Å². The molecule has 2 nitrogen and oxygen atoms in total. The van der Waals surface area contributed by atoms with Crippen LogP contribution in [0.25, 0.3) is 0 Å². The second-order valence-corrected chi connectivity index (χ2v) is 4.65. The highest BCUT2D eigenvalue weighted by atomic mass is 16.3. The molecule has 0 aliphatic heterocycles. The van der Waals surface area contributed by atoms with E-state index in [2.05, 4.69) is 13.5 Å². The molecule has 0 radical (unpaired) electrons. The fourth-order valence-corrected chi connectivity index (χ4v) is 2.45. The van der Waals surface area contributed by atoms with Crippen molar-refractivity contribution >= 4 is 0 Å². The molecule has 0 aromatic rings. The van der Waals surface area contributed by atoms with Crippen LogP contribution in [-0.2, 0) is 0 Å². The quantitative estimate of drug-likeness (QED) is 0.576. The summed E-state index contributed by atoms with van der Waals surface area (Å²) in [4.78, 5) is 0. The summed E-state index contributed by atoms with van der Waals surface area (Å²) >= 11 is 0. The molecular formula is C10H17NO. The highest BCUT2D eigenvalue weighted by Gasteiger charge is 2.66. The summed E-state index contributed by atoms with van der Waals surface area (Å²) in [5, 5.41) is 9.85. The van der Waals surface area contributed by atoms with Crippen molar-refractivity contribution in [3.63, 3.8) is 0 Å². The van der Waals surface area contributed by atoms with E-state index in [4.69, 9.17) is 5.73 Å². The first kappa shape index (κ1) is 8.27. The summed E-state index contributed by atoms with van der Waals surface area (Å²) in [5.41, 5.74) is 6.46. The van der Waals surface area contributed by atoms with Crippen LogP contribution in [0.1, 0.15) is 32.6 Å². The lowest BCUT2D eigenvalue weighted by Crippen LogP contribution is -2.40. The largest absolute Gasteiger partial charge is 0.388 e. The average Bonchev–Trinajstić information content (AvgIpc) is 2.51. The summed E-state index contributed by atoms with van der Waals surface area (Å²) in [6.45, 7) is 6.00. The van der Waals surface area contributed by atoms with Gasteiger partial charge >= 0.3 is 0 Å². The summed E-state index contributed by atoms with van der Waals surface area (Å²) in [6, 6.07) is 0. The number of fused-ring (bicyclic) bond motifs is 1. The van der Waals surface area contributed by atoms with Crippen molar-refractivity contribution < 1.29 is 5.11 Å². The van der Waals surface area contributed by atoms with Crippen molar-refractivity contribution in [3.05, 3.63) is 12.2 Å². The van der Waals surface area contributed by atoms with Crippen LogP contribution in [0, 0.1) is 5.92 Å². The van der Waals surface area contributed by atoms with Gasteiger partial charge in [0.1, 0.15) is 0 Å². The van der Waals surface area contributed by atoms with E-state index in [-0.39, 0.29) is 5.54 Å². The predicted octanol–water partition coefficient (Wildman–Crippen LogP) is 1.19. The Balaban J connectivity index is 2.08. The number of hydrogen-bond acceptors (Lipinski definition) is 2. The van der Waals surface area contributed by atoms with Crippen molar-refractivity contribution in [2.45, 2.75) is 43.7 Å². The molecule has 2 aliphatic carbocycles. The lowest BCUT2D eigenvalue weighted by Gasteiger charge is -2.30. The van der Waals surface area contributed by atoms with Gasteiger partial charge in [0.05, 0.1) is 5.60 Å². The van der Waals surface area contributed by atoms with E-state index in [1.165, 1.54) is 5.57 Å². The van der Waals surface area contributed by atoms with Gasteiger partial charge in [0, 0.05) is 5.54 Å². The highest BCUT2D eigenvalue weighted by Crippen LogP contribution is 2.57. The van der Waals surface area contributed by atoms with Gasteiger partial charge in [-0.05, 0) is 38.5 Å². The van der Waals surface area contributed by atoms with Crippen LogP contribution in [-0.4, -0.2) is 16.2 Å². The first-order valence-corrected chi connectivity index (χ1v) is 4.64. The van der Waals surface area contributed by atoms with Crippen LogP contribution in [0.5, 0.6) is 0 Å². The zero-order valence-electron chi connectivity index (χ0n) is 7.64. The molecule has 2 fully saturated rings. The number of aliphatic hydroxyl groups is 1. The molecule has 0 unspecified atom stereocenters. The molecular weight excluding hydrogens is 150 g/mol. The maximum absolute atomic E-state index is 9.85. The first-order chi connectivity index (χ1) is 5.47. The average molecular weight is 167 g/mol. The lowest BCUT2D eigenvalue weighted by atomic mass is 9.81. The number of rotatable bonds is 1. The lowest BCUT2D eigenvalue weighted by molar-refractivity contribution is 0.0793. The summed E-state index contributed by atoms with van der Waals surface area (Å²) < 4.78 is 0. The Bertz CT molecular complexity index is 238. The maximum Gasteiger partial charge on any atom is 0.0846 e. The second-order valence-electron chi connectivity index (χ2n) is 4.65. The van der Waals surface area contributed by atoms with Gasteiger partial charge in [0.15, 0.2) is 0 Å². The molecule has 12 heavy (non-hydrogen) atoms. The van der Waals surface area contributed by atoms with Gasteiger partial charge in [0.25, 0.3) is 0 Å². The molecule has 0 saturated heterocycles. The molecule has 0 spiro atoms. The summed E-state index contributed by atoms with van der Waals surface area (Å²) in [6.07, 6.45) is 3.65. The van der Waals surface area contributed by atoms with E-state index >= 15 is 0 Å². The maximum atomic E-state index is 9.85. The van der Waals surface area contributed by atoms with E-state index in [9.17, 15) is 5.11 Å². The second kappa shape index (κ2) is 2.12. The van der Waals surface area contributed by atoms with Gasteiger partial charge in [-0.1, -0.05) is 12.2 Å². The minimum absolute atomic E-state index is 0.269. The molecule has 0 heterocycles. The molecule has 0 amide bonds. The van der Waals surface area contributed by atoms with Crippen LogP contribution < -0.4 is 5.73 Å². The Morgan fingerprint density at radius 1 is 1.67 bits per heavy atom. The van der Waals surface area contributed by atoms with E-state index in [0.717, 1.165) is 25.7 Å². The number of allylic oxidation sites excluding steroid dienone is 1. The van der Waals surface area contributed by atoms with Crippen LogP contribution in [0.2, 0.25) is 0 Å². The Hall–Kier alpha value is -0.340. The fraction of sp³-hybridized carbons (Fsp3) is 0.800. The smallest absolute Gasteiger partial charge is 0.0846 e. The molecule has 3 N–H and O–H groups in total. The van der Waals surface area contributed by atoms with Crippen LogP contribution >= 0.6 is 0 Å². The fourth-order valence-electron chi connectivity index (χ4n) is 2.45. The summed E-state index contributed by atoms with van der Waals surface area (Å²) in [5.74, 6) is 0.540. The van der Waals surface area contributed by atoms with Gasteiger partial charge in [-0.3, -0.25) is 0 Å². The molecule has 2 saturated carbocycles. The van der Waals surface area contributed by atoms with Crippen molar-refractivity contribution in [2.75, 3.05) is 0 Å². The zero-order valence-corrected chi connectivity index (χ0v) is 7.64. The molecule has 68 valence electrons. The zero-order chi connectivity index (χ0) is 8.98. The Morgan fingerprint density at radius 2 is 2.33 bits per heavy atom. The van der Waals surface area contributed by atoms with Crippen molar-refractivity contribution in [2.24, 2.45) is 11.7 Å². The third kappa shape index (κ3) is 0.947. The minimum Gasteiger partial charge on any atom is -0.388 e. The highest BCUT2D eigenvalue weighted by molar-refractivity contribution is 5.26. The first-order valence-electron chi connectivity index (χ1n) is 4.64. The molecule has 2 rings (SSSR count). The van der Waals surface area contributed by atoms with Crippen molar-refractivity contribution in [3.8, 4) is 0 Å². The van der Waals surface area contributed by atoms with E-state index in [1.807, 2.05) is 0 Å². The number of hydrogen-bond donors (Lipinski definition) is 2. The van der Waals surface area contributed by atoms with Crippen LogP contribution in [0.15, 0.2) is 12.2 Å². The van der Waals surface area contributed by atoms with Crippen LogP contribution in [0.4, 0.5) is 0 Å². The Kier molecular flexibility index (Phi) is 1.46. The van der Waals surface area contributed by atoms with Crippen molar-refractivity contribution in [1.82, 2.24) is 0 Å². The minimum atomic E-state index is -0.515. The Morgan fingerprint density at radius 3 is 2.83 bits per heavy atom. The van der Waals surface area contributed by atoms with Gasteiger partial charge in [-0.25, -0.2) is 0 Å². The van der Waals surface area contributed by atoms with Crippen molar-refractivity contribution in [1.29, 1.82) is 0 Å². The molecule has 2 heteroatoms. The summed E-state index contributed by atoms with van der Waals surface area (Å²) in [7, 11) is 0. The van der Waals surface area contributed by atoms with Gasteiger partial charge < -0.3 is 10.8 Å². The molecule has 0 aromatic carbocycles. The van der Waals surface area contributed by atoms with Gasteiger partial charge in [-0.2, -0.15) is 0 Å². The topological polar surface area (TPSA) is 46.2 Å². The van der Waals surface area contributed by atoms with Gasteiger partial charge in [-0.15, -0.1) is 0 Å². The van der Waals surface area contributed by atoms with E-state index < -0.39 is 5.60 Å². The molecule has 0 bridgehead atoms. The van der Waals surface area contributed by atoms with E-state index in [0.29, 0.717) is 5.92 Å². The number of nitrogens with two attached hydrogens (primary N) is 1. The third-order valence-electron chi connectivity index (χ3n) is 3.62. The monoisotopic (exact) mass is 167 g/mol. The molecule has 2 aliphatic rings. The van der Waals surface area contributed by atoms with Crippen LogP contribution in [0.3, 0.4) is 0 Å². The normalized spacial score (nSPS) is 51.4. The SMILES string of the molecule is C=C(C)[C@@H]1CC[C@@]2(O)C[C@]2(N)C1. The third-order valence-corrected chi connectivity index (χ3v) is 3.62.